The number of aryl methyl sites for hydroxylation is 1. The van der Waals surface area contributed by atoms with E-state index in [1.165, 1.54) is 0 Å². The van der Waals surface area contributed by atoms with E-state index in [-0.39, 0.29) is 23.3 Å². The van der Waals surface area contributed by atoms with Gasteiger partial charge in [-0.2, -0.15) is 0 Å². The molecule has 2 rings (SSSR count). The van der Waals surface area contributed by atoms with Gasteiger partial charge in [-0.15, -0.1) is 0 Å². The number of amides is 2. The summed E-state index contributed by atoms with van der Waals surface area (Å²) in [6.07, 6.45) is 6.72. The van der Waals surface area contributed by atoms with Crippen LogP contribution in [0.15, 0.2) is 11.2 Å². The molecule has 6 heteroatoms. The van der Waals surface area contributed by atoms with Crippen LogP contribution in [0, 0.1) is 16.7 Å². The molecule has 5 nitrogen and oxygen atoms in total. The van der Waals surface area contributed by atoms with E-state index in [0.717, 1.165) is 35.9 Å². The minimum atomic E-state index is -0.543. The Hall–Kier alpha value is -1.43. The van der Waals surface area contributed by atoms with Gasteiger partial charge in [-0.05, 0) is 63.4 Å². The topological polar surface area (TPSA) is 54.7 Å². The molecule has 2 amide bonds. The quantitative estimate of drug-likeness (QED) is 0.697. The fourth-order valence-corrected chi connectivity index (χ4v) is 5.37. The van der Waals surface area contributed by atoms with Crippen LogP contribution < -0.4 is 4.67 Å². The molecule has 0 aliphatic heterocycles. The predicted octanol–water partition coefficient (Wildman–Crippen LogP) is 4.61. The van der Waals surface area contributed by atoms with Gasteiger partial charge in [0.05, 0.1) is 5.41 Å². The molecule has 0 radical (unpaired) electrons. The van der Waals surface area contributed by atoms with Gasteiger partial charge in [0.1, 0.15) is 4.67 Å². The monoisotopic (exact) mass is 421 g/mol. The Labute approximate surface area is 180 Å². The Bertz CT molecular complexity index is 826. The predicted molar refractivity (Wildman–Crippen MR) is 120 cm³/mol. The summed E-state index contributed by atoms with van der Waals surface area (Å²) in [6, 6.07) is 0. The van der Waals surface area contributed by atoms with E-state index < -0.39 is 10.8 Å². The van der Waals surface area contributed by atoms with Gasteiger partial charge in [-0.1, -0.05) is 34.1 Å². The minimum Gasteiger partial charge on any atom is -0.348 e. The smallest absolute Gasteiger partial charge is 0.250 e. The van der Waals surface area contributed by atoms with Gasteiger partial charge in [0.2, 0.25) is 5.91 Å². The summed E-state index contributed by atoms with van der Waals surface area (Å²) >= 11 is 1.57. The zero-order valence-electron chi connectivity index (χ0n) is 19.8. The largest absolute Gasteiger partial charge is 0.348 e. The first-order valence-electron chi connectivity index (χ1n) is 10.8. The van der Waals surface area contributed by atoms with Gasteiger partial charge in [0.25, 0.3) is 5.91 Å². The van der Waals surface area contributed by atoms with E-state index in [0.29, 0.717) is 6.42 Å². The molecule has 0 spiro atoms. The molecule has 1 saturated carbocycles. The van der Waals surface area contributed by atoms with E-state index in [4.69, 9.17) is 0 Å². The normalized spacial score (nSPS) is 24.7. The SMILES string of the molecule is CCCCc1cn(C(C)(C)C)sc1=NC(=O)C1CCC(C)(C(=O)N(C)C)C1(C)C. The lowest BCUT2D eigenvalue weighted by Crippen LogP contribution is -2.47. The molecule has 1 aromatic heterocycles. The molecule has 1 fully saturated rings. The molecule has 0 saturated heterocycles. The van der Waals surface area contributed by atoms with Gasteiger partial charge in [-0.3, -0.25) is 13.5 Å². The second kappa shape index (κ2) is 8.37. The highest BCUT2D eigenvalue weighted by molar-refractivity contribution is 7.04. The summed E-state index contributed by atoms with van der Waals surface area (Å²) < 4.78 is 3.03. The first-order chi connectivity index (χ1) is 13.3. The van der Waals surface area contributed by atoms with Gasteiger partial charge >= 0.3 is 0 Å². The van der Waals surface area contributed by atoms with Crippen LogP contribution in [0.4, 0.5) is 0 Å². The number of unbranched alkanes of at least 4 members (excludes halogenated alkanes) is 1. The van der Waals surface area contributed by atoms with Crippen molar-refractivity contribution in [1.29, 1.82) is 0 Å². The van der Waals surface area contributed by atoms with Crippen molar-refractivity contribution in [2.45, 2.75) is 86.1 Å². The van der Waals surface area contributed by atoms with Crippen LogP contribution in [0.1, 0.15) is 79.7 Å². The Balaban J connectivity index is 2.42. The summed E-state index contributed by atoms with van der Waals surface area (Å²) in [4.78, 5) is 32.5. The van der Waals surface area contributed by atoms with Crippen LogP contribution >= 0.6 is 11.5 Å². The molecule has 0 N–H and O–H groups in total. The summed E-state index contributed by atoms with van der Waals surface area (Å²) in [7, 11) is 3.58. The van der Waals surface area contributed by atoms with Crippen LogP contribution in [-0.4, -0.2) is 34.8 Å². The first kappa shape index (κ1) is 23.8. The number of nitrogens with zero attached hydrogens (tertiary/aromatic N) is 3. The highest BCUT2D eigenvalue weighted by Crippen LogP contribution is 2.56. The Morgan fingerprint density at radius 2 is 1.90 bits per heavy atom. The second-order valence-electron chi connectivity index (χ2n) is 10.4. The van der Waals surface area contributed by atoms with E-state index in [9.17, 15) is 9.59 Å². The highest BCUT2D eigenvalue weighted by atomic mass is 32.1. The van der Waals surface area contributed by atoms with Crippen LogP contribution in [0.2, 0.25) is 0 Å². The minimum absolute atomic E-state index is 0.0359. The maximum atomic E-state index is 13.3. The van der Waals surface area contributed by atoms with E-state index in [1.54, 1.807) is 30.5 Å². The van der Waals surface area contributed by atoms with Crippen molar-refractivity contribution in [2.75, 3.05) is 14.1 Å². The number of aromatic nitrogens is 1. The van der Waals surface area contributed by atoms with Crippen molar-refractivity contribution in [3.8, 4) is 0 Å². The molecule has 0 aromatic carbocycles. The molecule has 1 aromatic rings. The molecule has 2 atom stereocenters. The summed E-state index contributed by atoms with van der Waals surface area (Å²) in [6.45, 7) is 14.8. The maximum Gasteiger partial charge on any atom is 0.250 e. The van der Waals surface area contributed by atoms with Crippen LogP contribution in [0.5, 0.6) is 0 Å². The highest BCUT2D eigenvalue weighted by Gasteiger charge is 2.58. The van der Waals surface area contributed by atoms with E-state index >= 15 is 0 Å². The number of hydrogen-bond donors (Lipinski definition) is 0. The van der Waals surface area contributed by atoms with E-state index in [1.807, 2.05) is 6.92 Å². The van der Waals surface area contributed by atoms with Crippen LogP contribution in [0.25, 0.3) is 0 Å². The summed E-state index contributed by atoms with van der Waals surface area (Å²) in [5.74, 6) is -0.213. The molecule has 0 bridgehead atoms. The Kier molecular flexibility index (Phi) is 6.88. The third-order valence-electron chi connectivity index (χ3n) is 6.81. The number of carbonyl (C=O) groups is 2. The van der Waals surface area contributed by atoms with Gasteiger partial charge in [0.15, 0.2) is 0 Å². The van der Waals surface area contributed by atoms with Crippen LogP contribution in [-0.2, 0) is 21.5 Å². The van der Waals surface area contributed by atoms with Crippen LogP contribution in [0.3, 0.4) is 0 Å². The maximum absolute atomic E-state index is 13.3. The lowest BCUT2D eigenvalue weighted by atomic mass is 9.65. The third-order valence-corrected chi connectivity index (χ3v) is 8.18. The lowest BCUT2D eigenvalue weighted by molar-refractivity contribution is -0.145. The Morgan fingerprint density at radius 1 is 1.28 bits per heavy atom. The van der Waals surface area contributed by atoms with E-state index in [2.05, 4.69) is 56.7 Å². The fraction of sp³-hybridized carbons (Fsp3) is 0.783. The molecular formula is C23H39N3O2S. The van der Waals surface area contributed by atoms with Gasteiger partial charge in [0, 0.05) is 37.3 Å². The second-order valence-corrected chi connectivity index (χ2v) is 11.4. The number of hydrogen-bond acceptors (Lipinski definition) is 3. The number of rotatable bonds is 5. The average molecular weight is 422 g/mol. The summed E-state index contributed by atoms with van der Waals surface area (Å²) in [5.41, 5.74) is 0.141. The molecule has 164 valence electrons. The van der Waals surface area contributed by atoms with Gasteiger partial charge in [-0.25, -0.2) is 4.99 Å². The standard InChI is InChI=1S/C23H39N3O2S/c1-10-11-12-16-15-26(21(2,3)4)29-19(16)24-18(27)17-13-14-23(7,22(17,5)6)20(28)25(8)9/h15,17H,10-14H2,1-9H3. The molecule has 1 aliphatic rings. The van der Waals surface area contributed by atoms with Gasteiger partial charge < -0.3 is 4.90 Å². The van der Waals surface area contributed by atoms with Crippen molar-refractivity contribution in [1.82, 2.24) is 8.86 Å². The first-order valence-corrected chi connectivity index (χ1v) is 11.6. The molecule has 1 aliphatic carbocycles. The van der Waals surface area contributed by atoms with Crippen molar-refractivity contribution in [2.24, 2.45) is 21.7 Å². The Morgan fingerprint density at radius 3 is 2.41 bits per heavy atom. The zero-order chi connectivity index (χ0) is 22.2. The molecule has 2 unspecified atom stereocenters. The van der Waals surface area contributed by atoms with Crippen molar-refractivity contribution >= 4 is 23.3 Å². The zero-order valence-corrected chi connectivity index (χ0v) is 20.6. The van der Waals surface area contributed by atoms with Crippen molar-refractivity contribution in [3.05, 3.63) is 16.4 Å². The average Bonchev–Trinajstić information content (AvgIpc) is 3.11. The lowest BCUT2D eigenvalue weighted by Gasteiger charge is -2.40. The van der Waals surface area contributed by atoms with Crippen molar-refractivity contribution in [3.63, 3.8) is 0 Å². The molecule has 29 heavy (non-hydrogen) atoms. The van der Waals surface area contributed by atoms with Crippen molar-refractivity contribution < 1.29 is 9.59 Å². The summed E-state index contributed by atoms with van der Waals surface area (Å²) in [5, 5.41) is 0. The fourth-order valence-electron chi connectivity index (χ4n) is 4.32. The molecular weight excluding hydrogens is 382 g/mol. The third kappa shape index (κ3) is 4.52. The molecule has 1 heterocycles. The number of carbonyl (C=O) groups excluding carboxylic acids is 2.